The predicted octanol–water partition coefficient (Wildman–Crippen LogP) is 5.58. The van der Waals surface area contributed by atoms with E-state index in [0.29, 0.717) is 22.2 Å². The number of rotatable bonds is 8. The minimum absolute atomic E-state index is 0.0132. The van der Waals surface area contributed by atoms with Crippen molar-refractivity contribution < 1.29 is 4.92 Å². The highest BCUT2D eigenvalue weighted by atomic mass is 32.2. The fraction of sp³-hybridized carbons (Fsp3) is 0.0417. The molecule has 158 valence electrons. The van der Waals surface area contributed by atoms with Gasteiger partial charge in [0, 0.05) is 24.0 Å². The topological polar surface area (TPSA) is 84.5 Å². The summed E-state index contributed by atoms with van der Waals surface area (Å²) in [6, 6.07) is 26.5. The molecule has 0 aliphatic carbocycles. The Morgan fingerprint density at radius 2 is 1.62 bits per heavy atom. The molecule has 7 nitrogen and oxygen atoms in total. The van der Waals surface area contributed by atoms with Crippen molar-refractivity contribution in [3.8, 4) is 0 Å². The number of hydrogen-bond acceptors (Lipinski definition) is 7. The van der Waals surface area contributed by atoms with E-state index in [-0.39, 0.29) is 5.69 Å². The molecule has 8 heteroatoms. The lowest BCUT2D eigenvalue weighted by molar-refractivity contribution is -0.387. The minimum atomic E-state index is -0.401. The molecule has 3 aromatic carbocycles. The van der Waals surface area contributed by atoms with Gasteiger partial charge in [-0.2, -0.15) is 5.10 Å². The monoisotopic (exact) mass is 441 g/mol. The maximum atomic E-state index is 11.7. The SMILES string of the molecule is O=[N+]([O-])c1cc(/C=N/N(Cc2ccccc2)c2ccccc2)ccc1Sc1ncccn1. The summed E-state index contributed by atoms with van der Waals surface area (Å²) in [7, 11) is 0. The van der Waals surface area contributed by atoms with Crippen LogP contribution in [0.2, 0.25) is 0 Å². The van der Waals surface area contributed by atoms with Crippen LogP contribution in [0.4, 0.5) is 11.4 Å². The second-order valence-electron chi connectivity index (χ2n) is 6.74. The second kappa shape index (κ2) is 10.3. The maximum Gasteiger partial charge on any atom is 0.283 e. The molecule has 0 atom stereocenters. The molecule has 0 bridgehead atoms. The summed E-state index contributed by atoms with van der Waals surface area (Å²) in [6.45, 7) is 0.572. The number of anilines is 1. The van der Waals surface area contributed by atoms with Gasteiger partial charge in [0.25, 0.3) is 5.69 Å². The highest BCUT2D eigenvalue weighted by molar-refractivity contribution is 7.99. The molecule has 0 unspecified atom stereocenters. The van der Waals surface area contributed by atoms with Crippen LogP contribution >= 0.6 is 11.8 Å². The highest BCUT2D eigenvalue weighted by Crippen LogP contribution is 2.33. The van der Waals surface area contributed by atoms with Gasteiger partial charge in [-0.05, 0) is 41.6 Å². The normalized spacial score (nSPS) is 10.9. The summed E-state index contributed by atoms with van der Waals surface area (Å²) in [6.07, 6.45) is 4.84. The third kappa shape index (κ3) is 5.55. The van der Waals surface area contributed by atoms with Crippen LogP contribution in [0.5, 0.6) is 0 Å². The Morgan fingerprint density at radius 1 is 0.938 bits per heavy atom. The molecule has 0 aliphatic rings. The van der Waals surface area contributed by atoms with Crippen LogP contribution in [0, 0.1) is 10.1 Å². The molecule has 0 aliphatic heterocycles. The van der Waals surface area contributed by atoms with Gasteiger partial charge in [-0.3, -0.25) is 15.1 Å². The first-order chi connectivity index (χ1) is 15.7. The van der Waals surface area contributed by atoms with Crippen molar-refractivity contribution in [3.63, 3.8) is 0 Å². The van der Waals surface area contributed by atoms with Crippen molar-refractivity contribution in [2.24, 2.45) is 5.10 Å². The summed E-state index contributed by atoms with van der Waals surface area (Å²) in [5, 5.41) is 18.6. The van der Waals surface area contributed by atoms with Gasteiger partial charge in [-0.15, -0.1) is 0 Å². The van der Waals surface area contributed by atoms with E-state index < -0.39 is 4.92 Å². The number of aromatic nitrogens is 2. The zero-order chi connectivity index (χ0) is 22.2. The number of para-hydroxylation sites is 1. The smallest absolute Gasteiger partial charge is 0.261 e. The molecule has 0 spiro atoms. The van der Waals surface area contributed by atoms with E-state index in [4.69, 9.17) is 0 Å². The first-order valence-corrected chi connectivity index (χ1v) is 10.6. The predicted molar refractivity (Wildman–Crippen MR) is 126 cm³/mol. The summed E-state index contributed by atoms with van der Waals surface area (Å²) in [5.41, 5.74) is 2.65. The van der Waals surface area contributed by atoms with Gasteiger partial charge in [0.1, 0.15) is 0 Å². The van der Waals surface area contributed by atoms with Gasteiger partial charge in [-0.25, -0.2) is 9.97 Å². The Hall–Kier alpha value is -4.04. The Labute approximate surface area is 189 Å². The van der Waals surface area contributed by atoms with E-state index >= 15 is 0 Å². The van der Waals surface area contributed by atoms with Crippen molar-refractivity contribution in [2.45, 2.75) is 16.6 Å². The molecule has 0 radical (unpaired) electrons. The molecule has 0 N–H and O–H groups in total. The van der Waals surface area contributed by atoms with E-state index in [1.54, 1.807) is 36.8 Å². The molecule has 1 heterocycles. The zero-order valence-corrected chi connectivity index (χ0v) is 17.8. The van der Waals surface area contributed by atoms with Gasteiger partial charge >= 0.3 is 0 Å². The number of hydrogen-bond donors (Lipinski definition) is 0. The molecule has 4 rings (SSSR count). The van der Waals surface area contributed by atoms with Crippen molar-refractivity contribution in [3.05, 3.63) is 119 Å². The maximum absolute atomic E-state index is 11.7. The molecule has 0 amide bonds. The first kappa shape index (κ1) is 21.2. The standard InChI is InChI=1S/C24H19N5O2S/c30-29(31)22-16-20(12-13-23(22)32-24-25-14-7-15-26-24)17-27-28(21-10-5-2-6-11-21)18-19-8-3-1-4-9-19/h1-17H,18H2/b27-17+. The summed E-state index contributed by atoms with van der Waals surface area (Å²) in [4.78, 5) is 20.0. The van der Waals surface area contributed by atoms with E-state index in [0.717, 1.165) is 23.0 Å². The minimum Gasteiger partial charge on any atom is -0.261 e. The quantitative estimate of drug-likeness (QED) is 0.154. The lowest BCUT2D eigenvalue weighted by Crippen LogP contribution is -2.16. The van der Waals surface area contributed by atoms with Crippen LogP contribution in [0.25, 0.3) is 0 Å². The average molecular weight is 442 g/mol. The van der Waals surface area contributed by atoms with Crippen LogP contribution in [0.1, 0.15) is 11.1 Å². The van der Waals surface area contributed by atoms with Gasteiger partial charge in [0.2, 0.25) is 0 Å². The molecular formula is C24H19N5O2S. The average Bonchev–Trinajstić information content (AvgIpc) is 2.84. The molecule has 0 saturated carbocycles. The number of hydrazone groups is 1. The molecule has 32 heavy (non-hydrogen) atoms. The summed E-state index contributed by atoms with van der Waals surface area (Å²) < 4.78 is 0. The fourth-order valence-electron chi connectivity index (χ4n) is 2.97. The lowest BCUT2D eigenvalue weighted by Gasteiger charge is -2.19. The van der Waals surface area contributed by atoms with Gasteiger partial charge in [0.05, 0.1) is 28.3 Å². The van der Waals surface area contributed by atoms with Gasteiger partial charge in [0.15, 0.2) is 5.16 Å². The van der Waals surface area contributed by atoms with Crippen LogP contribution < -0.4 is 5.01 Å². The highest BCUT2D eigenvalue weighted by Gasteiger charge is 2.16. The van der Waals surface area contributed by atoms with E-state index in [1.807, 2.05) is 65.7 Å². The largest absolute Gasteiger partial charge is 0.283 e. The fourth-order valence-corrected chi connectivity index (χ4v) is 3.77. The van der Waals surface area contributed by atoms with E-state index in [9.17, 15) is 10.1 Å². The van der Waals surface area contributed by atoms with Crippen molar-refractivity contribution >= 4 is 29.4 Å². The van der Waals surface area contributed by atoms with E-state index in [2.05, 4.69) is 15.1 Å². The Kier molecular flexibility index (Phi) is 6.84. The third-order valence-electron chi connectivity index (χ3n) is 4.50. The Balaban J connectivity index is 1.60. The number of nitrogens with zero attached hydrogens (tertiary/aromatic N) is 5. The van der Waals surface area contributed by atoms with Crippen molar-refractivity contribution in [1.29, 1.82) is 0 Å². The summed E-state index contributed by atoms with van der Waals surface area (Å²) >= 11 is 1.16. The van der Waals surface area contributed by atoms with Crippen molar-refractivity contribution in [1.82, 2.24) is 9.97 Å². The lowest BCUT2D eigenvalue weighted by atomic mass is 10.2. The number of nitro benzene ring substituents is 1. The van der Waals surface area contributed by atoms with Crippen LogP contribution in [-0.2, 0) is 6.54 Å². The van der Waals surface area contributed by atoms with Gasteiger partial charge < -0.3 is 0 Å². The van der Waals surface area contributed by atoms with Gasteiger partial charge in [-0.1, -0.05) is 54.6 Å². The Morgan fingerprint density at radius 3 is 2.31 bits per heavy atom. The molecular weight excluding hydrogens is 422 g/mol. The Bertz CT molecular complexity index is 1210. The molecule has 1 aromatic heterocycles. The summed E-state index contributed by atoms with van der Waals surface area (Å²) in [5.74, 6) is 0. The van der Waals surface area contributed by atoms with Crippen LogP contribution in [-0.4, -0.2) is 21.1 Å². The van der Waals surface area contributed by atoms with Crippen molar-refractivity contribution in [2.75, 3.05) is 5.01 Å². The zero-order valence-electron chi connectivity index (χ0n) is 17.0. The van der Waals surface area contributed by atoms with Crippen LogP contribution in [0.15, 0.2) is 112 Å². The number of benzene rings is 3. The first-order valence-electron chi connectivity index (χ1n) is 9.83. The third-order valence-corrected chi connectivity index (χ3v) is 5.46. The van der Waals surface area contributed by atoms with Crippen LogP contribution in [0.3, 0.4) is 0 Å². The molecule has 0 fully saturated rings. The molecule has 4 aromatic rings. The number of nitro groups is 1. The second-order valence-corrected chi connectivity index (χ2v) is 7.75. The van der Waals surface area contributed by atoms with E-state index in [1.165, 1.54) is 6.07 Å². The molecule has 0 saturated heterocycles.